The number of rotatable bonds is 7. The Labute approximate surface area is 125 Å². The van der Waals surface area contributed by atoms with Crippen molar-refractivity contribution in [2.75, 3.05) is 13.2 Å². The van der Waals surface area contributed by atoms with Crippen LogP contribution in [0.4, 0.5) is 0 Å². The van der Waals surface area contributed by atoms with Crippen LogP contribution in [0.2, 0.25) is 5.02 Å². The van der Waals surface area contributed by atoms with Crippen molar-refractivity contribution in [2.24, 2.45) is 0 Å². The molecule has 0 aliphatic carbocycles. The average molecular weight is 290 g/mol. The maximum atomic E-state index is 6.16. The number of hydrogen-bond donors (Lipinski definition) is 1. The van der Waals surface area contributed by atoms with Gasteiger partial charge in [-0.05, 0) is 43.1 Å². The van der Waals surface area contributed by atoms with Gasteiger partial charge in [0.2, 0.25) is 0 Å². The Morgan fingerprint density at radius 1 is 1.05 bits per heavy atom. The molecule has 0 amide bonds. The Morgan fingerprint density at radius 3 is 2.55 bits per heavy atom. The second-order valence-corrected chi connectivity index (χ2v) is 5.02. The van der Waals surface area contributed by atoms with Gasteiger partial charge in [-0.25, -0.2) is 0 Å². The third kappa shape index (κ3) is 4.55. The van der Waals surface area contributed by atoms with Crippen LogP contribution in [0.25, 0.3) is 0 Å². The summed E-state index contributed by atoms with van der Waals surface area (Å²) < 4.78 is 5.42. The number of halogens is 1. The molecule has 2 rings (SSSR count). The van der Waals surface area contributed by atoms with E-state index >= 15 is 0 Å². The van der Waals surface area contributed by atoms with Gasteiger partial charge in [0.15, 0.2) is 0 Å². The summed E-state index contributed by atoms with van der Waals surface area (Å²) in [6, 6.07) is 16.4. The molecular weight excluding hydrogens is 270 g/mol. The van der Waals surface area contributed by atoms with E-state index in [0.717, 1.165) is 25.3 Å². The molecule has 2 nitrogen and oxygen atoms in total. The molecule has 0 heterocycles. The highest BCUT2D eigenvalue weighted by atomic mass is 35.5. The van der Waals surface area contributed by atoms with Gasteiger partial charge in [-0.2, -0.15) is 0 Å². The predicted octanol–water partition coefficient (Wildman–Crippen LogP) is 4.07. The number of benzene rings is 2. The van der Waals surface area contributed by atoms with Crippen molar-refractivity contribution in [1.29, 1.82) is 0 Å². The van der Waals surface area contributed by atoms with Crippen LogP contribution in [-0.4, -0.2) is 13.2 Å². The standard InChI is InChI=1S/C17H20ClNO/c1-2-20-17-9-8-15(12-16(17)18)13-19-11-10-14-6-4-3-5-7-14/h3-9,12,19H,2,10-11,13H2,1H3. The smallest absolute Gasteiger partial charge is 0.137 e. The highest BCUT2D eigenvalue weighted by Gasteiger charge is 2.02. The SMILES string of the molecule is CCOc1ccc(CNCCc2ccccc2)cc1Cl. The first-order chi connectivity index (χ1) is 9.79. The van der Waals surface area contributed by atoms with Gasteiger partial charge < -0.3 is 10.1 Å². The molecule has 2 aromatic rings. The van der Waals surface area contributed by atoms with E-state index in [4.69, 9.17) is 16.3 Å². The Morgan fingerprint density at radius 2 is 1.85 bits per heavy atom. The molecule has 1 N–H and O–H groups in total. The molecule has 0 aliphatic heterocycles. The predicted molar refractivity (Wildman–Crippen MR) is 84.5 cm³/mol. The van der Waals surface area contributed by atoms with E-state index in [1.807, 2.05) is 31.2 Å². The van der Waals surface area contributed by atoms with E-state index in [9.17, 15) is 0 Å². The van der Waals surface area contributed by atoms with E-state index in [2.05, 4.69) is 29.6 Å². The molecule has 0 fully saturated rings. The number of ether oxygens (including phenoxy) is 1. The van der Waals surface area contributed by atoms with Crippen molar-refractivity contribution >= 4 is 11.6 Å². The van der Waals surface area contributed by atoms with Crippen LogP contribution in [0.1, 0.15) is 18.1 Å². The second kappa shape index (κ2) is 7.93. The molecule has 20 heavy (non-hydrogen) atoms. The maximum Gasteiger partial charge on any atom is 0.137 e. The fourth-order valence-corrected chi connectivity index (χ4v) is 2.29. The molecule has 3 heteroatoms. The van der Waals surface area contributed by atoms with E-state index in [-0.39, 0.29) is 0 Å². The molecule has 0 aliphatic rings. The summed E-state index contributed by atoms with van der Waals surface area (Å²) in [5.74, 6) is 0.752. The van der Waals surface area contributed by atoms with E-state index in [1.165, 1.54) is 11.1 Å². The Bertz CT molecular complexity index is 528. The summed E-state index contributed by atoms with van der Waals surface area (Å²) in [6.45, 7) is 4.36. The van der Waals surface area contributed by atoms with Crippen molar-refractivity contribution in [1.82, 2.24) is 5.32 Å². The van der Waals surface area contributed by atoms with Crippen LogP contribution in [0.3, 0.4) is 0 Å². The van der Waals surface area contributed by atoms with Crippen LogP contribution in [0.5, 0.6) is 5.75 Å². The molecule has 106 valence electrons. The second-order valence-electron chi connectivity index (χ2n) is 4.61. The molecule has 0 radical (unpaired) electrons. The summed E-state index contributed by atoms with van der Waals surface area (Å²) in [4.78, 5) is 0. The zero-order valence-corrected chi connectivity index (χ0v) is 12.5. The van der Waals surface area contributed by atoms with Crippen molar-refractivity contribution in [3.8, 4) is 5.75 Å². The van der Waals surface area contributed by atoms with Crippen LogP contribution in [0, 0.1) is 0 Å². The Balaban J connectivity index is 1.78. The summed E-state index contributed by atoms with van der Waals surface area (Å²) in [6.07, 6.45) is 1.03. The lowest BCUT2D eigenvalue weighted by Gasteiger charge is -2.09. The lowest BCUT2D eigenvalue weighted by molar-refractivity contribution is 0.340. The molecule has 0 unspecified atom stereocenters. The van der Waals surface area contributed by atoms with Gasteiger partial charge in [0.25, 0.3) is 0 Å². The quantitative estimate of drug-likeness (QED) is 0.776. The molecule has 0 saturated heterocycles. The van der Waals surface area contributed by atoms with Crippen LogP contribution < -0.4 is 10.1 Å². The summed E-state index contributed by atoms with van der Waals surface area (Å²) >= 11 is 6.16. The third-order valence-electron chi connectivity index (χ3n) is 3.06. The third-order valence-corrected chi connectivity index (χ3v) is 3.35. The molecule has 0 aromatic heterocycles. The first-order valence-corrected chi connectivity index (χ1v) is 7.33. The molecule has 0 bridgehead atoms. The average Bonchev–Trinajstić information content (AvgIpc) is 2.48. The van der Waals surface area contributed by atoms with Crippen molar-refractivity contribution in [3.05, 3.63) is 64.7 Å². The highest BCUT2D eigenvalue weighted by Crippen LogP contribution is 2.25. The minimum atomic E-state index is 0.633. The minimum absolute atomic E-state index is 0.633. The first-order valence-electron chi connectivity index (χ1n) is 6.95. The lowest BCUT2D eigenvalue weighted by Crippen LogP contribution is -2.16. The topological polar surface area (TPSA) is 21.3 Å². The minimum Gasteiger partial charge on any atom is -0.492 e. The van der Waals surface area contributed by atoms with Crippen molar-refractivity contribution in [2.45, 2.75) is 19.9 Å². The zero-order valence-electron chi connectivity index (χ0n) is 11.7. The summed E-state index contributed by atoms with van der Waals surface area (Å²) in [5, 5.41) is 4.10. The fourth-order valence-electron chi connectivity index (χ4n) is 2.04. The molecule has 0 spiro atoms. The fraction of sp³-hybridized carbons (Fsp3) is 0.294. The number of nitrogens with one attached hydrogen (secondary N) is 1. The maximum absolute atomic E-state index is 6.16. The van der Waals surface area contributed by atoms with Gasteiger partial charge >= 0.3 is 0 Å². The van der Waals surface area contributed by atoms with Gasteiger partial charge in [-0.15, -0.1) is 0 Å². The first kappa shape index (κ1) is 14.9. The summed E-state index contributed by atoms with van der Waals surface area (Å²) in [5.41, 5.74) is 2.52. The van der Waals surface area contributed by atoms with E-state index < -0.39 is 0 Å². The number of hydrogen-bond acceptors (Lipinski definition) is 2. The zero-order chi connectivity index (χ0) is 14.2. The molecule has 2 aromatic carbocycles. The molecule has 0 saturated carbocycles. The van der Waals surface area contributed by atoms with Crippen molar-refractivity contribution in [3.63, 3.8) is 0 Å². The van der Waals surface area contributed by atoms with Crippen LogP contribution >= 0.6 is 11.6 Å². The van der Waals surface area contributed by atoms with Gasteiger partial charge in [0.05, 0.1) is 11.6 Å². The van der Waals surface area contributed by atoms with Crippen LogP contribution in [0.15, 0.2) is 48.5 Å². The molecular formula is C17H20ClNO. The lowest BCUT2D eigenvalue weighted by atomic mass is 10.1. The normalized spacial score (nSPS) is 10.5. The highest BCUT2D eigenvalue weighted by molar-refractivity contribution is 6.32. The van der Waals surface area contributed by atoms with Gasteiger partial charge in [-0.3, -0.25) is 0 Å². The van der Waals surface area contributed by atoms with Gasteiger partial charge in [0.1, 0.15) is 5.75 Å². The summed E-state index contributed by atoms with van der Waals surface area (Å²) in [7, 11) is 0. The monoisotopic (exact) mass is 289 g/mol. The van der Waals surface area contributed by atoms with E-state index in [0.29, 0.717) is 11.6 Å². The van der Waals surface area contributed by atoms with Crippen molar-refractivity contribution < 1.29 is 4.74 Å². The van der Waals surface area contributed by atoms with Crippen LogP contribution in [-0.2, 0) is 13.0 Å². The Kier molecular flexibility index (Phi) is 5.90. The van der Waals surface area contributed by atoms with Gasteiger partial charge in [0, 0.05) is 6.54 Å². The largest absolute Gasteiger partial charge is 0.492 e. The Hall–Kier alpha value is -1.51. The van der Waals surface area contributed by atoms with E-state index in [1.54, 1.807) is 0 Å². The van der Waals surface area contributed by atoms with Gasteiger partial charge in [-0.1, -0.05) is 48.0 Å². The molecule has 0 atom stereocenters.